The first-order chi connectivity index (χ1) is 8.84. The Bertz CT molecular complexity index is 339. The zero-order valence-electron chi connectivity index (χ0n) is 11.7. The molecule has 2 nitrogen and oxygen atoms in total. The molecule has 5 aliphatic carbocycles. The molecule has 0 amide bonds. The second-order valence-corrected chi connectivity index (χ2v) is 7.29. The minimum Gasteiger partial charge on any atom is -1.00 e. The number of halogens is 1. The molecule has 3 heteroatoms. The number of quaternary nitrogens is 1. The molecule has 0 saturated heterocycles. The van der Waals surface area contributed by atoms with Crippen LogP contribution in [-0.4, -0.2) is 18.4 Å². The number of rotatable bonds is 5. The van der Waals surface area contributed by atoms with E-state index in [-0.39, 0.29) is 12.4 Å². The zero-order chi connectivity index (χ0) is 12.1. The average molecular weight is 284 g/mol. The van der Waals surface area contributed by atoms with Crippen LogP contribution < -0.4 is 17.7 Å². The van der Waals surface area contributed by atoms with Crippen LogP contribution in [-0.2, 0) is 4.79 Å². The maximum atomic E-state index is 12.1. The molecular formula is C16H26ClNO. The molecule has 5 saturated carbocycles. The van der Waals surface area contributed by atoms with Crippen LogP contribution in [0.3, 0.4) is 0 Å². The summed E-state index contributed by atoms with van der Waals surface area (Å²) in [5, 5.41) is 2.54. The normalized spacial score (nSPS) is 43.1. The number of hydrogen-bond donors (Lipinski definition) is 1. The van der Waals surface area contributed by atoms with Crippen LogP contribution in [0.4, 0.5) is 0 Å². The Morgan fingerprint density at radius 3 is 2.32 bits per heavy atom. The van der Waals surface area contributed by atoms with Gasteiger partial charge in [-0.15, -0.1) is 0 Å². The molecule has 5 aliphatic rings. The van der Waals surface area contributed by atoms with Crippen molar-refractivity contribution in [2.45, 2.75) is 57.4 Å². The minimum atomic E-state index is 0. The Morgan fingerprint density at radius 1 is 1.05 bits per heavy atom. The molecule has 0 heterocycles. The molecule has 3 atom stereocenters. The molecule has 0 aromatic rings. The highest BCUT2D eigenvalue weighted by Crippen LogP contribution is 2.69. The monoisotopic (exact) mass is 283 g/mol. The lowest BCUT2D eigenvalue weighted by molar-refractivity contribution is -0.694. The van der Waals surface area contributed by atoms with Crippen molar-refractivity contribution in [2.75, 3.05) is 6.54 Å². The molecule has 0 aliphatic heterocycles. The molecule has 4 bridgehead atoms. The van der Waals surface area contributed by atoms with E-state index in [4.69, 9.17) is 0 Å². The fraction of sp³-hybridized carbons (Fsp3) is 0.938. The van der Waals surface area contributed by atoms with Gasteiger partial charge in [-0.3, -0.25) is 4.79 Å². The number of carbonyl (C=O) groups is 1. The summed E-state index contributed by atoms with van der Waals surface area (Å²) >= 11 is 0. The van der Waals surface area contributed by atoms with Gasteiger partial charge in [0.25, 0.3) is 0 Å². The quantitative estimate of drug-likeness (QED) is 0.672. The third kappa shape index (κ3) is 2.35. The first kappa shape index (κ1) is 13.9. The van der Waals surface area contributed by atoms with Gasteiger partial charge in [0.2, 0.25) is 0 Å². The Morgan fingerprint density at radius 2 is 1.74 bits per heavy atom. The van der Waals surface area contributed by atoms with Gasteiger partial charge >= 0.3 is 0 Å². The molecule has 0 spiro atoms. The van der Waals surface area contributed by atoms with Crippen LogP contribution in [0.25, 0.3) is 0 Å². The molecule has 5 rings (SSSR count). The Hall–Kier alpha value is -0.0800. The average Bonchev–Trinajstić information content (AvgIpc) is 2.77. The lowest BCUT2D eigenvalue weighted by Gasteiger charge is -2.20. The molecule has 19 heavy (non-hydrogen) atoms. The van der Waals surface area contributed by atoms with Crippen LogP contribution in [0, 0.1) is 29.6 Å². The van der Waals surface area contributed by atoms with E-state index < -0.39 is 0 Å². The van der Waals surface area contributed by atoms with Crippen LogP contribution >= 0.6 is 0 Å². The first-order valence-electron chi connectivity index (χ1n) is 8.20. The van der Waals surface area contributed by atoms with Crippen molar-refractivity contribution in [3.05, 3.63) is 0 Å². The summed E-state index contributed by atoms with van der Waals surface area (Å²) < 4.78 is 0. The van der Waals surface area contributed by atoms with Crippen molar-refractivity contribution in [1.82, 2.24) is 0 Å². The zero-order valence-corrected chi connectivity index (χ0v) is 12.4. The standard InChI is InChI=1S/C16H25NO.ClH/c18-14(10-4-2-1-3-5-10)6-7-17-16-11-8-12-13(9-11)15(12)16;/h10-13,15-17H,1-9H2;1H. The fourth-order valence-electron chi connectivity index (χ4n) is 5.53. The van der Waals surface area contributed by atoms with E-state index in [2.05, 4.69) is 5.32 Å². The van der Waals surface area contributed by atoms with Gasteiger partial charge in [0.15, 0.2) is 0 Å². The van der Waals surface area contributed by atoms with Crippen molar-refractivity contribution in [2.24, 2.45) is 29.6 Å². The maximum Gasteiger partial charge on any atom is 0.141 e. The van der Waals surface area contributed by atoms with E-state index >= 15 is 0 Å². The molecule has 0 radical (unpaired) electrons. The van der Waals surface area contributed by atoms with Crippen molar-refractivity contribution >= 4 is 5.78 Å². The van der Waals surface area contributed by atoms with Gasteiger partial charge < -0.3 is 17.7 Å². The van der Waals surface area contributed by atoms with Crippen molar-refractivity contribution < 1.29 is 22.5 Å². The molecule has 108 valence electrons. The molecular weight excluding hydrogens is 258 g/mol. The van der Waals surface area contributed by atoms with Crippen LogP contribution in [0.2, 0.25) is 0 Å². The molecule has 2 N–H and O–H groups in total. The Labute approximate surface area is 122 Å². The van der Waals surface area contributed by atoms with Crippen molar-refractivity contribution in [3.8, 4) is 0 Å². The van der Waals surface area contributed by atoms with E-state index in [1.54, 1.807) is 0 Å². The highest BCUT2D eigenvalue weighted by atomic mass is 35.5. The third-order valence-corrected chi connectivity index (χ3v) is 6.43. The second-order valence-electron chi connectivity index (χ2n) is 7.29. The fourth-order valence-corrected chi connectivity index (χ4v) is 5.53. The number of carbonyl (C=O) groups excluding carboxylic acids is 1. The maximum absolute atomic E-state index is 12.1. The number of nitrogens with two attached hydrogens (primary N) is 1. The van der Waals surface area contributed by atoms with E-state index in [0.717, 1.165) is 42.7 Å². The summed E-state index contributed by atoms with van der Waals surface area (Å²) in [7, 11) is 0. The highest BCUT2D eigenvalue weighted by Gasteiger charge is 2.70. The van der Waals surface area contributed by atoms with Crippen LogP contribution in [0.15, 0.2) is 0 Å². The van der Waals surface area contributed by atoms with Gasteiger partial charge in [-0.1, -0.05) is 19.3 Å². The number of Topliss-reactive ketones (excluding diaryl/α,β-unsaturated/α-hetero) is 1. The van der Waals surface area contributed by atoms with Gasteiger partial charge in [0.1, 0.15) is 5.78 Å². The van der Waals surface area contributed by atoms with E-state index in [9.17, 15) is 4.79 Å². The summed E-state index contributed by atoms with van der Waals surface area (Å²) in [6.45, 7) is 1.08. The van der Waals surface area contributed by atoms with E-state index in [0.29, 0.717) is 11.7 Å². The van der Waals surface area contributed by atoms with E-state index in [1.807, 2.05) is 0 Å². The topological polar surface area (TPSA) is 33.7 Å². The van der Waals surface area contributed by atoms with Gasteiger partial charge in [-0.05, 0) is 37.5 Å². The summed E-state index contributed by atoms with van der Waals surface area (Å²) in [6.07, 6.45) is 10.2. The smallest absolute Gasteiger partial charge is 0.141 e. The van der Waals surface area contributed by atoms with Gasteiger partial charge in [0, 0.05) is 17.8 Å². The van der Waals surface area contributed by atoms with Crippen LogP contribution in [0.1, 0.15) is 51.4 Å². The second kappa shape index (κ2) is 5.37. The lowest BCUT2D eigenvalue weighted by Crippen LogP contribution is -3.00. The first-order valence-corrected chi connectivity index (χ1v) is 8.20. The summed E-state index contributed by atoms with van der Waals surface area (Å²) in [4.78, 5) is 12.1. The summed E-state index contributed by atoms with van der Waals surface area (Å²) in [6, 6.07) is 0.916. The van der Waals surface area contributed by atoms with E-state index in [1.165, 1.54) is 44.9 Å². The Balaban J connectivity index is 0.00000110. The van der Waals surface area contributed by atoms with Gasteiger partial charge in [0.05, 0.1) is 19.0 Å². The van der Waals surface area contributed by atoms with Crippen LogP contribution in [0.5, 0.6) is 0 Å². The highest BCUT2D eigenvalue weighted by molar-refractivity contribution is 5.81. The summed E-state index contributed by atoms with van der Waals surface area (Å²) in [5.74, 6) is 5.33. The molecule has 3 unspecified atom stereocenters. The molecule has 5 fully saturated rings. The third-order valence-electron chi connectivity index (χ3n) is 6.43. The minimum absolute atomic E-state index is 0. The van der Waals surface area contributed by atoms with Gasteiger partial charge in [-0.2, -0.15) is 0 Å². The van der Waals surface area contributed by atoms with Gasteiger partial charge in [-0.25, -0.2) is 0 Å². The SMILES string of the molecule is O=C(CC[NH2+]C1C2CC3C(C2)C31)C1CCCCC1.[Cl-]. The Kier molecular flexibility index (Phi) is 3.92. The molecule has 0 aromatic heterocycles. The summed E-state index contributed by atoms with van der Waals surface area (Å²) in [5.41, 5.74) is 0. The lowest BCUT2D eigenvalue weighted by atomic mass is 9.85. The number of hydrogen-bond acceptors (Lipinski definition) is 1. The van der Waals surface area contributed by atoms with Crippen molar-refractivity contribution in [3.63, 3.8) is 0 Å². The molecule has 0 aromatic carbocycles. The largest absolute Gasteiger partial charge is 1.00 e. The predicted octanol–water partition coefficient (Wildman–Crippen LogP) is -1.25. The number of ketones is 1. The van der Waals surface area contributed by atoms with Crippen molar-refractivity contribution in [1.29, 1.82) is 0 Å². The predicted molar refractivity (Wildman–Crippen MR) is 70.0 cm³/mol.